The molecule has 2 aromatic heterocycles. The van der Waals surface area contributed by atoms with Crippen LogP contribution < -0.4 is 15.4 Å². The lowest BCUT2D eigenvalue weighted by molar-refractivity contribution is -0.689. The predicted molar refractivity (Wildman–Crippen MR) is 117 cm³/mol. The van der Waals surface area contributed by atoms with Crippen LogP contribution in [0.1, 0.15) is 34.8 Å². The summed E-state index contributed by atoms with van der Waals surface area (Å²) in [6, 6.07) is 0. The molecule has 17 heteroatoms. The number of anilines is 1. The third kappa shape index (κ3) is 17.4. The molecule has 0 aromatic carbocycles. The van der Waals surface area contributed by atoms with Crippen molar-refractivity contribution >= 4 is 29.1 Å². The lowest BCUT2D eigenvalue weighted by Gasteiger charge is -2.01. The summed E-state index contributed by atoms with van der Waals surface area (Å²) < 4.78 is 2.11. The van der Waals surface area contributed by atoms with E-state index in [1.54, 1.807) is 17.5 Å². The Labute approximate surface area is 193 Å². The van der Waals surface area contributed by atoms with Crippen molar-refractivity contribution in [1.82, 2.24) is 9.97 Å². The molecule has 2 heterocycles. The largest absolute Gasteiger partial charge is 0.550 e. The van der Waals surface area contributed by atoms with E-state index in [9.17, 15) is 14.7 Å². The van der Waals surface area contributed by atoms with Crippen molar-refractivity contribution in [3.05, 3.63) is 33.7 Å². The fourth-order valence-corrected chi connectivity index (χ4v) is 2.96. The van der Waals surface area contributed by atoms with Gasteiger partial charge in [0.15, 0.2) is 12.2 Å². The molecule has 0 bridgehead atoms. The highest BCUT2D eigenvalue weighted by molar-refractivity contribution is 7.09. The number of aryl methyl sites for hydroxylation is 1. The van der Waals surface area contributed by atoms with Crippen LogP contribution in [0.3, 0.4) is 0 Å². The molecule has 0 amide bonds. The second kappa shape index (κ2) is 23.8. The lowest BCUT2D eigenvalue weighted by Crippen LogP contribution is -2.35. The van der Waals surface area contributed by atoms with Crippen molar-refractivity contribution in [2.75, 3.05) is 12.3 Å². The molecule has 198 valence electrons. The molecule has 16 nitrogen and oxygen atoms in total. The van der Waals surface area contributed by atoms with Crippen LogP contribution in [0.15, 0.2) is 11.7 Å². The molecule has 0 radical (unpaired) electrons. The standard InChI is InChI=1S/C12H17N4OS.C4H6O4.7H2O/c1-8-11(3-4-17)18-7-16(8)6-10-5-14-9(2)15-12(10)13;5-3(6)1-2-4(7)8;;;;;;;/h5,7,17H,3-4,6H2,1-2H3,(H2,13,14,15);1-2H2,(H,5,6)(H,7,8);7*1H2/q+1;;;;;;;;/p-1. The number of rotatable bonds is 7. The van der Waals surface area contributed by atoms with Gasteiger partial charge in [-0.1, -0.05) is 11.3 Å². The van der Waals surface area contributed by atoms with Crippen LogP contribution in [0, 0.1) is 13.8 Å². The van der Waals surface area contributed by atoms with Gasteiger partial charge in [-0.25, -0.2) is 9.97 Å². The van der Waals surface area contributed by atoms with Gasteiger partial charge in [-0.3, -0.25) is 4.79 Å². The molecular formula is C16H36N4O12S. The Kier molecular flexibility index (Phi) is 34.4. The molecule has 0 saturated carbocycles. The number of hydrogen-bond acceptors (Lipinski definition) is 8. The molecular weight excluding hydrogens is 472 g/mol. The molecule has 0 aliphatic heterocycles. The van der Waals surface area contributed by atoms with Gasteiger partial charge in [-0.15, -0.1) is 0 Å². The Morgan fingerprint density at radius 1 is 1.09 bits per heavy atom. The summed E-state index contributed by atoms with van der Waals surface area (Å²) >= 11 is 1.65. The first-order valence-corrected chi connectivity index (χ1v) is 8.69. The van der Waals surface area contributed by atoms with Gasteiger partial charge in [-0.05, 0) is 13.3 Å². The minimum absolute atomic E-state index is 0. The fourth-order valence-electron chi connectivity index (χ4n) is 1.98. The maximum absolute atomic E-state index is 9.61. The number of carboxylic acids is 2. The number of nitrogen functional groups attached to an aromatic ring is 1. The Hall–Kier alpha value is -2.87. The first-order valence-electron chi connectivity index (χ1n) is 7.81. The lowest BCUT2D eigenvalue weighted by atomic mass is 10.2. The van der Waals surface area contributed by atoms with Crippen molar-refractivity contribution in [2.45, 2.75) is 39.7 Å². The normalized spacial score (nSPS) is 7.97. The zero-order valence-electron chi connectivity index (χ0n) is 18.1. The number of carbonyl (C=O) groups is 2. The molecule has 0 saturated heterocycles. The number of aliphatic carboxylic acids is 2. The zero-order valence-corrected chi connectivity index (χ0v) is 19.0. The summed E-state index contributed by atoms with van der Waals surface area (Å²) in [7, 11) is 0. The van der Waals surface area contributed by atoms with Crippen LogP contribution in [0.5, 0.6) is 0 Å². The van der Waals surface area contributed by atoms with Crippen LogP contribution >= 0.6 is 11.3 Å². The maximum atomic E-state index is 9.61. The van der Waals surface area contributed by atoms with Crippen molar-refractivity contribution < 1.29 is 67.8 Å². The summed E-state index contributed by atoms with van der Waals surface area (Å²) in [5.41, 5.74) is 10.0. The van der Waals surface area contributed by atoms with E-state index in [2.05, 4.69) is 14.5 Å². The molecule has 0 fully saturated rings. The van der Waals surface area contributed by atoms with Crippen molar-refractivity contribution in [1.29, 1.82) is 0 Å². The van der Waals surface area contributed by atoms with Gasteiger partial charge in [0.1, 0.15) is 11.6 Å². The van der Waals surface area contributed by atoms with E-state index < -0.39 is 18.4 Å². The topological polar surface area (TPSA) is 374 Å². The number of nitrogens with zero attached hydrogens (tertiary/aromatic N) is 3. The highest BCUT2D eigenvalue weighted by Crippen LogP contribution is 2.13. The van der Waals surface area contributed by atoms with Crippen LogP contribution in [0.2, 0.25) is 0 Å². The van der Waals surface area contributed by atoms with Crippen molar-refractivity contribution in [3.63, 3.8) is 0 Å². The van der Waals surface area contributed by atoms with E-state index in [1.165, 1.54) is 4.88 Å². The summed E-state index contributed by atoms with van der Waals surface area (Å²) in [6.45, 7) is 4.71. The smallest absolute Gasteiger partial charge is 0.303 e. The molecule has 18 N–H and O–H groups in total. The summed E-state index contributed by atoms with van der Waals surface area (Å²) in [4.78, 5) is 28.7. The Morgan fingerprint density at radius 2 is 1.64 bits per heavy atom. The van der Waals surface area contributed by atoms with Crippen molar-refractivity contribution in [2.24, 2.45) is 0 Å². The number of nitrogens with two attached hydrogens (primary N) is 1. The van der Waals surface area contributed by atoms with Gasteiger partial charge in [0.05, 0.1) is 16.9 Å². The molecule has 2 aromatic rings. The molecule has 0 aliphatic rings. The summed E-state index contributed by atoms with van der Waals surface area (Å²) in [5.74, 6) is -1.23. The number of hydrogen-bond donors (Lipinski definition) is 3. The van der Waals surface area contributed by atoms with E-state index >= 15 is 0 Å². The van der Waals surface area contributed by atoms with Crippen LogP contribution in [-0.2, 0) is 22.6 Å². The number of aromatic nitrogens is 3. The van der Waals surface area contributed by atoms with Gasteiger partial charge in [0, 0.05) is 32.1 Å². The molecule has 0 aliphatic carbocycles. The Balaban J connectivity index is -0.0000000804. The number of thiazole rings is 1. The molecule has 0 unspecified atom stereocenters. The van der Waals surface area contributed by atoms with Crippen LogP contribution in [-0.4, -0.2) is 77.1 Å². The van der Waals surface area contributed by atoms with E-state index in [-0.39, 0.29) is 51.4 Å². The number of aliphatic hydroxyl groups excluding tert-OH is 1. The SMILES string of the molecule is Cc1ncc(C[n+]2csc(CCO)c2C)c(N)n1.O.O.O.O.O.O.O.O=C([O-])CCC(=O)O. The van der Waals surface area contributed by atoms with Gasteiger partial charge >= 0.3 is 5.97 Å². The van der Waals surface area contributed by atoms with Gasteiger partial charge in [0.2, 0.25) is 5.51 Å². The number of aliphatic hydroxyl groups is 1. The van der Waals surface area contributed by atoms with E-state index in [1.807, 2.05) is 19.4 Å². The monoisotopic (exact) mass is 508 g/mol. The second-order valence-corrected chi connectivity index (χ2v) is 6.37. The van der Waals surface area contributed by atoms with E-state index in [0.29, 0.717) is 24.6 Å². The number of carboxylic acid groups (broad SMARTS) is 2. The maximum Gasteiger partial charge on any atom is 0.303 e. The van der Waals surface area contributed by atoms with Crippen LogP contribution in [0.4, 0.5) is 5.82 Å². The minimum Gasteiger partial charge on any atom is -0.550 e. The van der Waals surface area contributed by atoms with E-state index in [0.717, 1.165) is 11.3 Å². The fraction of sp³-hybridized carbons (Fsp3) is 0.438. The van der Waals surface area contributed by atoms with Gasteiger partial charge in [-0.2, -0.15) is 4.57 Å². The second-order valence-electron chi connectivity index (χ2n) is 5.43. The highest BCUT2D eigenvalue weighted by Gasteiger charge is 2.16. The molecule has 0 atom stereocenters. The van der Waals surface area contributed by atoms with Gasteiger partial charge < -0.3 is 64.2 Å². The Bertz CT molecular complexity index is 762. The van der Waals surface area contributed by atoms with Crippen LogP contribution in [0.25, 0.3) is 0 Å². The minimum atomic E-state index is -1.33. The van der Waals surface area contributed by atoms with E-state index in [4.69, 9.17) is 15.9 Å². The first-order chi connectivity index (χ1) is 12.2. The average molecular weight is 509 g/mol. The molecule has 0 spiro atoms. The molecule has 2 rings (SSSR count). The van der Waals surface area contributed by atoms with Crippen molar-refractivity contribution in [3.8, 4) is 0 Å². The molecule has 33 heavy (non-hydrogen) atoms. The summed E-state index contributed by atoms with van der Waals surface area (Å²) in [5, 5.41) is 26.4. The first kappa shape index (κ1) is 47.8. The predicted octanol–water partition coefficient (Wildman–Crippen LogP) is -6.56. The average Bonchev–Trinajstić information content (AvgIpc) is 2.90. The third-order valence-electron chi connectivity index (χ3n) is 3.40. The zero-order chi connectivity index (χ0) is 19.7. The number of carbonyl (C=O) groups excluding carboxylic acids is 1. The highest BCUT2D eigenvalue weighted by atomic mass is 32.1. The summed E-state index contributed by atoms with van der Waals surface area (Å²) in [6.07, 6.45) is 1.70. The quantitative estimate of drug-likeness (QED) is 0.301. The third-order valence-corrected chi connectivity index (χ3v) is 4.54. The van der Waals surface area contributed by atoms with Gasteiger partial charge in [0.25, 0.3) is 0 Å². The Morgan fingerprint density at radius 3 is 2.03 bits per heavy atom.